The zero-order valence-electron chi connectivity index (χ0n) is 12.0. The van der Waals surface area contributed by atoms with Crippen LogP contribution in [0.1, 0.15) is 5.56 Å². The third-order valence-electron chi connectivity index (χ3n) is 3.27. The first-order chi connectivity index (χ1) is 11.0. The highest BCUT2D eigenvalue weighted by molar-refractivity contribution is 7.91. The molecule has 3 aromatic rings. The molecule has 0 radical (unpaired) electrons. The van der Waals surface area contributed by atoms with Gasteiger partial charge >= 0.3 is 0 Å². The van der Waals surface area contributed by atoms with Crippen molar-refractivity contribution in [2.24, 2.45) is 0 Å². The van der Waals surface area contributed by atoms with Crippen LogP contribution >= 0.6 is 11.6 Å². The van der Waals surface area contributed by atoms with Gasteiger partial charge in [0.25, 0.3) is 0 Å². The Morgan fingerprint density at radius 2 is 1.83 bits per heavy atom. The average Bonchev–Trinajstić information content (AvgIpc) is 3.04. The Balaban J connectivity index is 1.74. The Bertz CT molecular complexity index is 891. The number of hydrogen-bond donors (Lipinski definition) is 2. The van der Waals surface area contributed by atoms with Gasteiger partial charge in [0.1, 0.15) is 0 Å². The van der Waals surface area contributed by atoms with E-state index in [0.717, 1.165) is 11.3 Å². The molecule has 23 heavy (non-hydrogen) atoms. The SMILES string of the molecule is O=S(=O)(Cc1ccccc1Cl)Nc1ccc(-c2cnc[nH]2)cc1. The summed E-state index contributed by atoms with van der Waals surface area (Å²) in [6, 6.07) is 14.0. The highest BCUT2D eigenvalue weighted by Gasteiger charge is 2.14. The Morgan fingerprint density at radius 1 is 1.09 bits per heavy atom. The molecule has 1 aromatic heterocycles. The van der Waals surface area contributed by atoms with Gasteiger partial charge in [0.15, 0.2) is 0 Å². The summed E-state index contributed by atoms with van der Waals surface area (Å²) in [6.07, 6.45) is 3.30. The minimum atomic E-state index is -3.53. The number of rotatable bonds is 5. The lowest BCUT2D eigenvalue weighted by Crippen LogP contribution is -2.15. The molecule has 118 valence electrons. The van der Waals surface area contributed by atoms with Crippen LogP contribution in [0, 0.1) is 0 Å². The summed E-state index contributed by atoms with van der Waals surface area (Å²) in [5, 5.41) is 0.437. The minimum absolute atomic E-state index is 0.172. The maximum atomic E-state index is 12.2. The zero-order valence-corrected chi connectivity index (χ0v) is 13.6. The zero-order chi connectivity index (χ0) is 16.3. The number of anilines is 1. The lowest BCUT2D eigenvalue weighted by molar-refractivity contribution is 0.600. The summed E-state index contributed by atoms with van der Waals surface area (Å²) in [6.45, 7) is 0. The fourth-order valence-corrected chi connectivity index (χ4v) is 3.68. The van der Waals surface area contributed by atoms with E-state index < -0.39 is 10.0 Å². The molecular weight excluding hydrogens is 334 g/mol. The van der Waals surface area contributed by atoms with Crippen LogP contribution in [-0.2, 0) is 15.8 Å². The van der Waals surface area contributed by atoms with E-state index >= 15 is 0 Å². The maximum absolute atomic E-state index is 12.2. The molecule has 2 N–H and O–H groups in total. The third kappa shape index (κ3) is 3.91. The number of nitrogens with zero attached hydrogens (tertiary/aromatic N) is 1. The summed E-state index contributed by atoms with van der Waals surface area (Å²) in [5.41, 5.74) is 2.86. The molecule has 3 rings (SSSR count). The van der Waals surface area contributed by atoms with Gasteiger partial charge in [0.2, 0.25) is 10.0 Å². The number of aromatic amines is 1. The Kier molecular flexibility index (Phi) is 4.36. The predicted octanol–water partition coefficient (Wildman–Crippen LogP) is 3.67. The Labute approximate surface area is 139 Å². The van der Waals surface area contributed by atoms with Gasteiger partial charge in [-0.2, -0.15) is 0 Å². The highest BCUT2D eigenvalue weighted by atomic mass is 35.5. The molecule has 0 aliphatic carbocycles. The van der Waals surface area contributed by atoms with E-state index in [0.29, 0.717) is 16.3 Å². The van der Waals surface area contributed by atoms with Gasteiger partial charge in [-0.25, -0.2) is 13.4 Å². The third-order valence-corrected chi connectivity index (χ3v) is 4.88. The lowest BCUT2D eigenvalue weighted by Gasteiger charge is -2.09. The monoisotopic (exact) mass is 347 g/mol. The van der Waals surface area contributed by atoms with Crippen LogP contribution in [0.3, 0.4) is 0 Å². The van der Waals surface area contributed by atoms with Crippen molar-refractivity contribution in [1.29, 1.82) is 0 Å². The van der Waals surface area contributed by atoms with Gasteiger partial charge in [-0.1, -0.05) is 41.9 Å². The maximum Gasteiger partial charge on any atom is 0.236 e. The van der Waals surface area contributed by atoms with E-state index in [1.54, 1.807) is 48.9 Å². The van der Waals surface area contributed by atoms with E-state index in [4.69, 9.17) is 11.6 Å². The number of halogens is 1. The van der Waals surface area contributed by atoms with E-state index in [2.05, 4.69) is 14.7 Å². The first-order valence-corrected chi connectivity index (χ1v) is 8.89. The van der Waals surface area contributed by atoms with Crippen molar-refractivity contribution in [1.82, 2.24) is 9.97 Å². The smallest absolute Gasteiger partial charge is 0.236 e. The topological polar surface area (TPSA) is 74.8 Å². The van der Waals surface area contributed by atoms with Crippen LogP contribution in [0.15, 0.2) is 61.1 Å². The molecule has 5 nitrogen and oxygen atoms in total. The summed E-state index contributed by atoms with van der Waals surface area (Å²) >= 11 is 6.01. The second-order valence-corrected chi connectivity index (χ2v) is 7.12. The van der Waals surface area contributed by atoms with Crippen molar-refractivity contribution in [2.75, 3.05) is 4.72 Å². The molecule has 0 saturated carbocycles. The molecule has 0 unspecified atom stereocenters. The Morgan fingerprint density at radius 3 is 2.48 bits per heavy atom. The van der Waals surface area contributed by atoms with Gasteiger partial charge in [-0.3, -0.25) is 4.72 Å². The molecule has 2 aromatic carbocycles. The minimum Gasteiger partial charge on any atom is -0.345 e. The molecular formula is C16H14ClN3O2S. The summed E-state index contributed by atoms with van der Waals surface area (Å²) < 4.78 is 27.1. The van der Waals surface area contributed by atoms with E-state index in [9.17, 15) is 8.42 Å². The van der Waals surface area contributed by atoms with Crippen LogP contribution in [0.5, 0.6) is 0 Å². The van der Waals surface area contributed by atoms with E-state index in [1.165, 1.54) is 0 Å². The molecule has 7 heteroatoms. The largest absolute Gasteiger partial charge is 0.345 e. The summed E-state index contributed by atoms with van der Waals surface area (Å²) in [4.78, 5) is 6.95. The van der Waals surface area contributed by atoms with Crippen molar-refractivity contribution >= 4 is 27.3 Å². The van der Waals surface area contributed by atoms with Crippen LogP contribution in [-0.4, -0.2) is 18.4 Å². The van der Waals surface area contributed by atoms with Gasteiger partial charge in [0.05, 0.1) is 24.0 Å². The molecule has 0 spiro atoms. The number of hydrogen-bond acceptors (Lipinski definition) is 3. The number of benzene rings is 2. The first kappa shape index (κ1) is 15.6. The second kappa shape index (κ2) is 6.44. The van der Waals surface area contributed by atoms with Crippen LogP contribution in [0.25, 0.3) is 11.3 Å². The molecule has 0 bridgehead atoms. The number of H-pyrrole nitrogens is 1. The quantitative estimate of drug-likeness (QED) is 0.739. The molecule has 0 aliphatic rings. The lowest BCUT2D eigenvalue weighted by atomic mass is 10.1. The highest BCUT2D eigenvalue weighted by Crippen LogP contribution is 2.22. The fourth-order valence-electron chi connectivity index (χ4n) is 2.17. The summed E-state index contributed by atoms with van der Waals surface area (Å²) in [5.74, 6) is -0.172. The molecule has 0 fully saturated rings. The number of aromatic nitrogens is 2. The van der Waals surface area contributed by atoms with Crippen molar-refractivity contribution in [3.05, 3.63) is 71.6 Å². The average molecular weight is 348 g/mol. The van der Waals surface area contributed by atoms with Gasteiger partial charge < -0.3 is 4.98 Å². The molecule has 0 saturated heterocycles. The number of sulfonamides is 1. The molecule has 0 amide bonds. The van der Waals surface area contributed by atoms with Gasteiger partial charge in [0, 0.05) is 10.7 Å². The van der Waals surface area contributed by atoms with Crippen LogP contribution < -0.4 is 4.72 Å². The van der Waals surface area contributed by atoms with Crippen molar-refractivity contribution in [3.63, 3.8) is 0 Å². The predicted molar refractivity (Wildman–Crippen MR) is 91.7 cm³/mol. The van der Waals surface area contributed by atoms with Crippen molar-refractivity contribution in [3.8, 4) is 11.3 Å². The van der Waals surface area contributed by atoms with E-state index in [1.807, 2.05) is 12.1 Å². The number of imidazole rings is 1. The standard InChI is InChI=1S/C16H14ClN3O2S/c17-15-4-2-1-3-13(15)10-23(21,22)20-14-7-5-12(6-8-14)16-9-18-11-19-16/h1-9,11,20H,10H2,(H,18,19). The number of nitrogens with one attached hydrogen (secondary N) is 2. The second-order valence-electron chi connectivity index (χ2n) is 5.00. The van der Waals surface area contributed by atoms with Crippen LogP contribution in [0.2, 0.25) is 5.02 Å². The van der Waals surface area contributed by atoms with E-state index in [-0.39, 0.29) is 5.75 Å². The summed E-state index contributed by atoms with van der Waals surface area (Å²) in [7, 11) is -3.53. The van der Waals surface area contributed by atoms with Gasteiger partial charge in [-0.15, -0.1) is 0 Å². The molecule has 0 atom stereocenters. The fraction of sp³-hybridized carbons (Fsp3) is 0.0625. The normalized spacial score (nSPS) is 11.3. The van der Waals surface area contributed by atoms with Crippen LogP contribution in [0.4, 0.5) is 5.69 Å². The molecule has 1 heterocycles. The first-order valence-electron chi connectivity index (χ1n) is 6.86. The van der Waals surface area contributed by atoms with Crippen molar-refractivity contribution in [2.45, 2.75) is 5.75 Å². The van der Waals surface area contributed by atoms with Gasteiger partial charge in [-0.05, 0) is 29.3 Å². The van der Waals surface area contributed by atoms with Crippen molar-refractivity contribution < 1.29 is 8.42 Å². The molecule has 0 aliphatic heterocycles. The Hall–Kier alpha value is -2.31.